The molecule has 0 aromatic heterocycles. The molecule has 1 aromatic rings. The van der Waals surface area contributed by atoms with Crippen molar-refractivity contribution in [3.63, 3.8) is 0 Å². The molecule has 0 aliphatic carbocycles. The molecule has 0 saturated heterocycles. The fourth-order valence-corrected chi connectivity index (χ4v) is 1.80. The molecule has 1 heterocycles. The van der Waals surface area contributed by atoms with Crippen molar-refractivity contribution in [2.75, 3.05) is 0 Å². The first kappa shape index (κ1) is 8.25. The summed E-state index contributed by atoms with van der Waals surface area (Å²) in [5, 5.41) is 12.5. The van der Waals surface area contributed by atoms with E-state index in [4.69, 9.17) is 5.11 Å². The lowest BCUT2D eigenvalue weighted by molar-refractivity contribution is -0.138. The van der Waals surface area contributed by atoms with E-state index in [1.807, 2.05) is 12.1 Å². The molecule has 0 bridgehead atoms. The van der Waals surface area contributed by atoms with Gasteiger partial charge in [0.05, 0.1) is 0 Å². The topological polar surface area (TPSA) is 62.0 Å². The highest BCUT2D eigenvalue weighted by atomic mass is 32.2. The lowest BCUT2D eigenvalue weighted by Crippen LogP contribution is -2.11. The van der Waals surface area contributed by atoms with Gasteiger partial charge in [-0.25, -0.2) is 4.79 Å². The van der Waals surface area contributed by atoms with Crippen molar-refractivity contribution < 1.29 is 9.90 Å². The normalized spacial score (nSPS) is 19.5. The number of hydrogen-bond donors (Lipinski definition) is 1. The predicted octanol–water partition coefficient (Wildman–Crippen LogP) is 2.29. The molecule has 0 spiro atoms. The largest absolute Gasteiger partial charge is 0.479 e. The van der Waals surface area contributed by atoms with E-state index in [0.29, 0.717) is 0 Å². The van der Waals surface area contributed by atoms with Gasteiger partial charge in [0.1, 0.15) is 0 Å². The van der Waals surface area contributed by atoms with E-state index in [2.05, 4.69) is 9.63 Å². The van der Waals surface area contributed by atoms with Gasteiger partial charge in [-0.05, 0) is 6.07 Å². The van der Waals surface area contributed by atoms with Crippen LogP contribution in [0.1, 0.15) is 11.6 Å². The highest BCUT2D eigenvalue weighted by Crippen LogP contribution is 2.35. The number of nitrogens with zero attached hydrogens (tertiary/aromatic N) is 2. The van der Waals surface area contributed by atoms with Crippen LogP contribution >= 0.6 is 11.9 Å². The van der Waals surface area contributed by atoms with Crippen molar-refractivity contribution in [3.8, 4) is 0 Å². The van der Waals surface area contributed by atoms with Crippen LogP contribution in [-0.4, -0.2) is 11.1 Å². The SMILES string of the molecule is O=C(O)C1N=NSc2ccccc21. The van der Waals surface area contributed by atoms with Gasteiger partial charge in [0.2, 0.25) is 0 Å². The van der Waals surface area contributed by atoms with E-state index in [-0.39, 0.29) is 0 Å². The molecule has 0 amide bonds. The van der Waals surface area contributed by atoms with Crippen molar-refractivity contribution in [2.24, 2.45) is 9.63 Å². The van der Waals surface area contributed by atoms with Gasteiger partial charge in [-0.15, -0.1) is 4.52 Å². The summed E-state index contributed by atoms with van der Waals surface area (Å²) in [6, 6.07) is 6.42. The molecule has 66 valence electrons. The van der Waals surface area contributed by atoms with Crippen molar-refractivity contribution in [3.05, 3.63) is 29.8 Å². The summed E-state index contributed by atoms with van der Waals surface area (Å²) >= 11 is 1.20. The predicted molar refractivity (Wildman–Crippen MR) is 47.5 cm³/mol. The maximum Gasteiger partial charge on any atom is 0.335 e. The Labute approximate surface area is 78.8 Å². The Morgan fingerprint density at radius 1 is 1.46 bits per heavy atom. The molecule has 1 aliphatic heterocycles. The molecule has 0 saturated carbocycles. The van der Waals surface area contributed by atoms with Crippen LogP contribution in [0.25, 0.3) is 0 Å². The second kappa shape index (κ2) is 3.18. The number of fused-ring (bicyclic) bond motifs is 1. The van der Waals surface area contributed by atoms with Crippen LogP contribution in [-0.2, 0) is 4.79 Å². The highest BCUT2D eigenvalue weighted by molar-refractivity contribution is 7.98. The molecule has 4 nitrogen and oxygen atoms in total. The second-order valence-electron chi connectivity index (χ2n) is 2.57. The second-order valence-corrected chi connectivity index (χ2v) is 3.35. The molecule has 1 N–H and O–H groups in total. The van der Waals surface area contributed by atoms with Gasteiger partial charge < -0.3 is 5.11 Å². The van der Waals surface area contributed by atoms with Gasteiger partial charge in [0.15, 0.2) is 6.04 Å². The molecule has 1 aromatic carbocycles. The number of hydrogen-bond acceptors (Lipinski definition) is 4. The summed E-state index contributed by atoms with van der Waals surface area (Å²) in [5.41, 5.74) is 0.718. The maximum absolute atomic E-state index is 10.8. The van der Waals surface area contributed by atoms with Gasteiger partial charge in [0.25, 0.3) is 0 Å². The third kappa shape index (κ3) is 1.42. The average molecular weight is 194 g/mol. The van der Waals surface area contributed by atoms with Gasteiger partial charge in [-0.2, -0.15) is 5.11 Å². The summed E-state index contributed by atoms with van der Waals surface area (Å²) < 4.78 is 3.68. The van der Waals surface area contributed by atoms with Gasteiger partial charge >= 0.3 is 5.97 Å². The molecule has 0 radical (unpaired) electrons. The first-order chi connectivity index (χ1) is 6.29. The Kier molecular flexibility index (Phi) is 2.02. The molecule has 1 aliphatic rings. The van der Waals surface area contributed by atoms with E-state index in [1.54, 1.807) is 12.1 Å². The third-order valence-electron chi connectivity index (χ3n) is 1.75. The minimum absolute atomic E-state index is 0.718. The van der Waals surface area contributed by atoms with Gasteiger partial charge in [-0.1, -0.05) is 18.2 Å². The first-order valence-electron chi connectivity index (χ1n) is 3.68. The lowest BCUT2D eigenvalue weighted by Gasteiger charge is -2.13. The van der Waals surface area contributed by atoms with Crippen LogP contribution in [0.3, 0.4) is 0 Å². The Balaban J connectivity index is 2.48. The van der Waals surface area contributed by atoms with Crippen molar-refractivity contribution in [2.45, 2.75) is 10.9 Å². The summed E-state index contributed by atoms with van der Waals surface area (Å²) in [7, 11) is 0. The lowest BCUT2D eigenvalue weighted by atomic mass is 10.1. The minimum atomic E-state index is -0.962. The molecule has 2 rings (SSSR count). The quantitative estimate of drug-likeness (QED) is 0.697. The number of rotatable bonds is 1. The van der Waals surface area contributed by atoms with E-state index in [1.165, 1.54) is 11.9 Å². The number of carboxylic acids is 1. The van der Waals surface area contributed by atoms with E-state index in [0.717, 1.165) is 10.5 Å². The number of carboxylic acid groups (broad SMARTS) is 1. The first-order valence-corrected chi connectivity index (χ1v) is 4.45. The fourth-order valence-electron chi connectivity index (χ4n) is 1.15. The highest BCUT2D eigenvalue weighted by Gasteiger charge is 2.24. The summed E-state index contributed by atoms with van der Waals surface area (Å²) in [5.74, 6) is -0.962. The summed E-state index contributed by atoms with van der Waals surface area (Å²) in [4.78, 5) is 11.6. The zero-order valence-corrected chi connectivity index (χ0v) is 7.36. The molecule has 1 atom stereocenters. The third-order valence-corrected chi connectivity index (χ3v) is 2.49. The van der Waals surface area contributed by atoms with Gasteiger partial charge in [-0.3, -0.25) is 0 Å². The standard InChI is InChI=1S/C8H6N2O2S/c11-8(12)7-5-3-1-2-4-6(5)13-10-9-7/h1-4,7H,(H,11,12). The number of benzene rings is 1. The van der Waals surface area contributed by atoms with Crippen LogP contribution in [0.15, 0.2) is 38.8 Å². The van der Waals surface area contributed by atoms with E-state index >= 15 is 0 Å². The zero-order chi connectivity index (χ0) is 9.26. The maximum atomic E-state index is 10.8. The van der Waals surface area contributed by atoms with Gasteiger partial charge in [0, 0.05) is 22.4 Å². The summed E-state index contributed by atoms with van der Waals surface area (Å²) in [6.45, 7) is 0. The van der Waals surface area contributed by atoms with Crippen LogP contribution < -0.4 is 0 Å². The Bertz CT molecular complexity index is 378. The molecule has 0 fully saturated rings. The van der Waals surface area contributed by atoms with E-state index in [9.17, 15) is 4.79 Å². The molecule has 1 unspecified atom stereocenters. The molecular weight excluding hydrogens is 188 g/mol. The smallest absolute Gasteiger partial charge is 0.335 e. The van der Waals surface area contributed by atoms with Crippen LogP contribution in [0.4, 0.5) is 0 Å². The van der Waals surface area contributed by atoms with Crippen molar-refractivity contribution in [1.82, 2.24) is 0 Å². The van der Waals surface area contributed by atoms with Crippen LogP contribution in [0.5, 0.6) is 0 Å². The average Bonchev–Trinajstić information content (AvgIpc) is 2.17. The Hall–Kier alpha value is -1.36. The zero-order valence-electron chi connectivity index (χ0n) is 6.54. The summed E-state index contributed by atoms with van der Waals surface area (Å²) in [6.07, 6.45) is 0. The number of carbonyl (C=O) groups is 1. The molecule has 5 heteroatoms. The number of aliphatic carboxylic acids is 1. The Morgan fingerprint density at radius 2 is 2.23 bits per heavy atom. The monoisotopic (exact) mass is 194 g/mol. The molecular formula is C8H6N2O2S. The van der Waals surface area contributed by atoms with E-state index < -0.39 is 12.0 Å². The minimum Gasteiger partial charge on any atom is -0.479 e. The Morgan fingerprint density at radius 3 is 3.00 bits per heavy atom. The van der Waals surface area contributed by atoms with Crippen LogP contribution in [0.2, 0.25) is 0 Å². The van der Waals surface area contributed by atoms with Crippen molar-refractivity contribution >= 4 is 17.9 Å². The molecule has 13 heavy (non-hydrogen) atoms. The van der Waals surface area contributed by atoms with Crippen molar-refractivity contribution in [1.29, 1.82) is 0 Å². The fraction of sp³-hybridized carbons (Fsp3) is 0.125. The van der Waals surface area contributed by atoms with Crippen LogP contribution in [0, 0.1) is 0 Å².